The van der Waals surface area contributed by atoms with Gasteiger partial charge in [0.05, 0.1) is 0 Å². The van der Waals surface area contributed by atoms with Crippen molar-refractivity contribution in [2.75, 3.05) is 6.54 Å². The van der Waals surface area contributed by atoms with Crippen LogP contribution in [0.5, 0.6) is 0 Å². The molecule has 116 valence electrons. The fourth-order valence-electron chi connectivity index (χ4n) is 1.49. The molecule has 1 aromatic heterocycles. The molecule has 2 rings (SSSR count). The van der Waals surface area contributed by atoms with Gasteiger partial charge in [-0.15, -0.1) is 0 Å². The molecule has 2 aromatic rings. The lowest BCUT2D eigenvalue weighted by molar-refractivity contribution is -0.137. The Morgan fingerprint density at radius 3 is 2.52 bits per heavy atom. The van der Waals surface area contributed by atoms with Gasteiger partial charge in [0.2, 0.25) is 10.0 Å². The first-order valence-electron chi connectivity index (χ1n) is 6.09. The standard InChI is InChI=1S/C8H8N2O3S.C4H9NO2/c9-14(11,12)5-7-6-3-1-2-4-8(6)13-10-7;5-3-1-2-4(6)7/h1-4H,5H2,(H2,9,11,12);1-3,5H2,(H,6,7). The molecule has 1 heterocycles. The zero-order chi connectivity index (χ0) is 15.9. The lowest BCUT2D eigenvalue weighted by Crippen LogP contribution is -2.14. The number of carboxylic acids is 1. The summed E-state index contributed by atoms with van der Waals surface area (Å²) in [6.07, 6.45) is 0.770. The maximum absolute atomic E-state index is 10.8. The molecule has 21 heavy (non-hydrogen) atoms. The Balaban J connectivity index is 0.000000270. The van der Waals surface area contributed by atoms with Crippen molar-refractivity contribution in [2.24, 2.45) is 10.9 Å². The maximum atomic E-state index is 10.8. The van der Waals surface area contributed by atoms with Crippen LogP contribution in [0, 0.1) is 0 Å². The molecule has 5 N–H and O–H groups in total. The number of nitrogens with two attached hydrogens (primary N) is 2. The number of aromatic nitrogens is 1. The lowest BCUT2D eigenvalue weighted by atomic mass is 10.2. The number of hydrogen-bond acceptors (Lipinski definition) is 6. The summed E-state index contributed by atoms with van der Waals surface area (Å²) >= 11 is 0. The minimum absolute atomic E-state index is 0.191. The first-order chi connectivity index (χ1) is 9.83. The second-order valence-electron chi connectivity index (χ2n) is 4.22. The third-order valence-electron chi connectivity index (χ3n) is 2.38. The summed E-state index contributed by atoms with van der Waals surface area (Å²) in [6.45, 7) is 0.465. The maximum Gasteiger partial charge on any atom is 0.303 e. The number of carboxylic acid groups (broad SMARTS) is 1. The number of hydrogen-bond donors (Lipinski definition) is 3. The van der Waals surface area contributed by atoms with Gasteiger partial charge in [-0.25, -0.2) is 13.6 Å². The van der Waals surface area contributed by atoms with E-state index in [2.05, 4.69) is 5.16 Å². The summed E-state index contributed by atoms with van der Waals surface area (Å²) in [6, 6.07) is 7.03. The minimum atomic E-state index is -3.56. The van der Waals surface area contributed by atoms with E-state index >= 15 is 0 Å². The van der Waals surface area contributed by atoms with Crippen LogP contribution in [-0.2, 0) is 20.6 Å². The monoisotopic (exact) mass is 315 g/mol. The fourth-order valence-corrected chi connectivity index (χ4v) is 2.08. The Morgan fingerprint density at radius 1 is 1.33 bits per heavy atom. The number of aliphatic carboxylic acids is 1. The molecule has 0 fully saturated rings. The molecule has 1 aromatic carbocycles. The predicted octanol–water partition coefficient (Wildman–Crippen LogP) is 0.426. The van der Waals surface area contributed by atoms with Gasteiger partial charge in [-0.1, -0.05) is 17.3 Å². The number of sulfonamides is 1. The molecule has 0 bridgehead atoms. The average Bonchev–Trinajstić information content (AvgIpc) is 2.79. The third kappa shape index (κ3) is 6.34. The molecule has 0 aliphatic rings. The number of rotatable bonds is 5. The van der Waals surface area contributed by atoms with Crippen molar-refractivity contribution in [3.05, 3.63) is 30.0 Å². The highest BCUT2D eigenvalue weighted by molar-refractivity contribution is 7.88. The highest BCUT2D eigenvalue weighted by atomic mass is 32.2. The summed E-state index contributed by atoms with van der Waals surface area (Å²) in [5.41, 5.74) is 5.92. The van der Waals surface area contributed by atoms with Crippen molar-refractivity contribution >= 4 is 27.0 Å². The fraction of sp³-hybridized carbons (Fsp3) is 0.333. The van der Waals surface area contributed by atoms with Gasteiger partial charge in [0.1, 0.15) is 11.4 Å². The molecule has 0 unspecified atom stereocenters. The van der Waals surface area contributed by atoms with Crippen LogP contribution in [0.4, 0.5) is 0 Å². The molecule has 0 atom stereocenters. The predicted molar refractivity (Wildman–Crippen MR) is 76.7 cm³/mol. The van der Waals surface area contributed by atoms with Gasteiger partial charge in [0, 0.05) is 11.8 Å². The first-order valence-corrected chi connectivity index (χ1v) is 7.80. The van der Waals surface area contributed by atoms with E-state index in [1.54, 1.807) is 24.3 Å². The smallest absolute Gasteiger partial charge is 0.303 e. The van der Waals surface area contributed by atoms with Gasteiger partial charge in [0.25, 0.3) is 0 Å². The number of nitrogens with zero attached hydrogens (tertiary/aromatic N) is 1. The van der Waals surface area contributed by atoms with Gasteiger partial charge in [-0.05, 0) is 25.1 Å². The number of para-hydroxylation sites is 1. The molecule has 8 nitrogen and oxygen atoms in total. The van der Waals surface area contributed by atoms with E-state index in [-0.39, 0.29) is 12.2 Å². The van der Waals surface area contributed by atoms with E-state index in [0.717, 1.165) is 0 Å². The van der Waals surface area contributed by atoms with E-state index in [0.29, 0.717) is 29.6 Å². The summed E-state index contributed by atoms with van der Waals surface area (Å²) in [5, 5.41) is 17.2. The number of primary sulfonamides is 1. The van der Waals surface area contributed by atoms with Crippen LogP contribution in [0.3, 0.4) is 0 Å². The lowest BCUT2D eigenvalue weighted by Gasteiger charge is -1.92. The topological polar surface area (TPSA) is 150 Å². The molecule has 0 radical (unpaired) electrons. The Kier molecular flexibility index (Phi) is 6.28. The summed E-state index contributed by atoms with van der Waals surface area (Å²) < 4.78 is 26.6. The molecule has 0 aliphatic carbocycles. The van der Waals surface area contributed by atoms with E-state index in [1.165, 1.54) is 0 Å². The van der Waals surface area contributed by atoms with Crippen molar-refractivity contribution in [1.82, 2.24) is 5.16 Å². The van der Waals surface area contributed by atoms with Gasteiger partial charge in [-0.3, -0.25) is 4.79 Å². The molecule has 0 saturated heterocycles. The minimum Gasteiger partial charge on any atom is -0.481 e. The number of carbonyl (C=O) groups is 1. The van der Waals surface area contributed by atoms with E-state index in [4.69, 9.17) is 20.5 Å². The summed E-state index contributed by atoms with van der Waals surface area (Å²) in [7, 11) is -3.56. The van der Waals surface area contributed by atoms with Crippen molar-refractivity contribution in [2.45, 2.75) is 18.6 Å². The highest BCUT2D eigenvalue weighted by Crippen LogP contribution is 2.18. The van der Waals surface area contributed by atoms with Crippen molar-refractivity contribution < 1.29 is 22.8 Å². The molecule has 0 saturated carbocycles. The molecule has 0 spiro atoms. The molecular weight excluding hydrogens is 298 g/mol. The zero-order valence-corrected chi connectivity index (χ0v) is 12.0. The van der Waals surface area contributed by atoms with Crippen LogP contribution in [0.15, 0.2) is 28.8 Å². The van der Waals surface area contributed by atoms with E-state index < -0.39 is 16.0 Å². The summed E-state index contributed by atoms with van der Waals surface area (Å²) in [4.78, 5) is 9.70. The summed E-state index contributed by atoms with van der Waals surface area (Å²) in [5.74, 6) is -1.07. The molecule has 0 aliphatic heterocycles. The van der Waals surface area contributed by atoms with Crippen LogP contribution in [0.1, 0.15) is 18.5 Å². The van der Waals surface area contributed by atoms with Crippen LogP contribution in [0.25, 0.3) is 11.0 Å². The highest BCUT2D eigenvalue weighted by Gasteiger charge is 2.12. The zero-order valence-electron chi connectivity index (χ0n) is 11.2. The largest absolute Gasteiger partial charge is 0.481 e. The van der Waals surface area contributed by atoms with Crippen molar-refractivity contribution in [1.29, 1.82) is 0 Å². The average molecular weight is 315 g/mol. The van der Waals surface area contributed by atoms with Crippen LogP contribution in [-0.4, -0.2) is 31.2 Å². The van der Waals surface area contributed by atoms with Gasteiger partial charge < -0.3 is 15.4 Å². The number of fused-ring (bicyclic) bond motifs is 1. The first kappa shape index (κ1) is 17.1. The van der Waals surface area contributed by atoms with E-state index in [1.807, 2.05) is 0 Å². The van der Waals surface area contributed by atoms with Crippen LogP contribution in [0.2, 0.25) is 0 Å². The Labute approximate surface area is 121 Å². The molecular formula is C12H17N3O5S. The third-order valence-corrected chi connectivity index (χ3v) is 3.06. The number of benzene rings is 1. The van der Waals surface area contributed by atoms with Crippen molar-refractivity contribution in [3.63, 3.8) is 0 Å². The normalized spacial score (nSPS) is 11.0. The molecule has 0 amide bonds. The van der Waals surface area contributed by atoms with E-state index in [9.17, 15) is 13.2 Å². The quantitative estimate of drug-likeness (QED) is 0.723. The SMILES string of the molecule is NCCCC(=O)O.NS(=O)(=O)Cc1noc2ccccc12. The Morgan fingerprint density at radius 2 is 2.00 bits per heavy atom. The second-order valence-corrected chi connectivity index (χ2v) is 5.83. The van der Waals surface area contributed by atoms with Crippen molar-refractivity contribution in [3.8, 4) is 0 Å². The van der Waals surface area contributed by atoms with Gasteiger partial charge in [0.15, 0.2) is 5.58 Å². The van der Waals surface area contributed by atoms with Crippen LogP contribution < -0.4 is 10.9 Å². The van der Waals surface area contributed by atoms with Crippen LogP contribution >= 0.6 is 0 Å². The van der Waals surface area contributed by atoms with Gasteiger partial charge >= 0.3 is 5.97 Å². The Bertz CT molecular complexity index is 696. The molecule has 9 heteroatoms. The second kappa shape index (κ2) is 7.72. The Hall–Kier alpha value is -1.97. The van der Waals surface area contributed by atoms with Gasteiger partial charge in [-0.2, -0.15) is 0 Å².